The van der Waals surface area contributed by atoms with E-state index >= 15 is 0 Å². The van der Waals surface area contributed by atoms with Crippen LogP contribution < -0.4 is 10.6 Å². The number of thiocarbonyl (C=S) groups is 1. The molecule has 2 N–H and O–H groups in total. The molecule has 0 spiro atoms. The monoisotopic (exact) mass is 284 g/mol. The van der Waals surface area contributed by atoms with E-state index in [-0.39, 0.29) is 0 Å². The van der Waals surface area contributed by atoms with Gasteiger partial charge in [0, 0.05) is 11.4 Å². The third-order valence-electron chi connectivity index (χ3n) is 3.24. The third kappa shape index (κ3) is 3.81. The van der Waals surface area contributed by atoms with Gasteiger partial charge in [-0.3, -0.25) is 0 Å². The minimum Gasteiger partial charge on any atom is -0.332 e. The Morgan fingerprint density at radius 3 is 1.95 bits per heavy atom. The molecule has 0 bridgehead atoms. The molecule has 2 aromatic rings. The molecule has 0 saturated carbocycles. The standard InChI is InChI=1S/C17H20N2S/c1-11-7-12(2)9-16(8-11)19-17(20)18-15-6-5-13(3)14(4)10-15/h5-10H,1-4H3,(H2,18,19,20). The number of hydrogen-bond donors (Lipinski definition) is 2. The van der Waals surface area contributed by atoms with Crippen LogP contribution in [0.2, 0.25) is 0 Å². The summed E-state index contributed by atoms with van der Waals surface area (Å²) in [6.45, 7) is 8.36. The van der Waals surface area contributed by atoms with Crippen LogP contribution in [0.3, 0.4) is 0 Å². The predicted octanol–water partition coefficient (Wildman–Crippen LogP) is 4.73. The molecule has 0 radical (unpaired) electrons. The van der Waals surface area contributed by atoms with E-state index in [0.717, 1.165) is 11.4 Å². The molecular formula is C17H20N2S. The highest BCUT2D eigenvalue weighted by molar-refractivity contribution is 7.80. The fourth-order valence-corrected chi connectivity index (χ4v) is 2.40. The summed E-state index contributed by atoms with van der Waals surface area (Å²) in [5.41, 5.74) is 7.01. The van der Waals surface area contributed by atoms with E-state index in [0.29, 0.717) is 5.11 Å². The largest absolute Gasteiger partial charge is 0.332 e. The summed E-state index contributed by atoms with van der Waals surface area (Å²) in [7, 11) is 0. The van der Waals surface area contributed by atoms with Crippen LogP contribution >= 0.6 is 12.2 Å². The van der Waals surface area contributed by atoms with Crippen molar-refractivity contribution in [3.63, 3.8) is 0 Å². The normalized spacial score (nSPS) is 10.2. The molecule has 0 heterocycles. The Labute approximate surface area is 126 Å². The minimum absolute atomic E-state index is 0.609. The Bertz CT molecular complexity index is 627. The smallest absolute Gasteiger partial charge is 0.175 e. The predicted molar refractivity (Wildman–Crippen MR) is 91.7 cm³/mol. The van der Waals surface area contributed by atoms with Gasteiger partial charge in [-0.25, -0.2) is 0 Å². The molecule has 0 aliphatic carbocycles. The average Bonchev–Trinajstić information content (AvgIpc) is 2.32. The van der Waals surface area contributed by atoms with E-state index in [1.807, 2.05) is 6.07 Å². The van der Waals surface area contributed by atoms with Gasteiger partial charge in [0.25, 0.3) is 0 Å². The number of hydrogen-bond acceptors (Lipinski definition) is 1. The van der Waals surface area contributed by atoms with Gasteiger partial charge in [0.2, 0.25) is 0 Å². The van der Waals surface area contributed by atoms with Gasteiger partial charge in [0.15, 0.2) is 5.11 Å². The van der Waals surface area contributed by atoms with Gasteiger partial charge >= 0.3 is 0 Å². The lowest BCUT2D eigenvalue weighted by atomic mass is 10.1. The molecule has 0 unspecified atom stereocenters. The Morgan fingerprint density at radius 2 is 1.35 bits per heavy atom. The van der Waals surface area contributed by atoms with Crippen LogP contribution in [0.5, 0.6) is 0 Å². The molecule has 0 saturated heterocycles. The summed E-state index contributed by atoms with van der Waals surface area (Å²) >= 11 is 5.36. The number of aryl methyl sites for hydroxylation is 4. The molecule has 0 aromatic heterocycles. The fraction of sp³-hybridized carbons (Fsp3) is 0.235. The summed E-state index contributed by atoms with van der Waals surface area (Å²) < 4.78 is 0. The average molecular weight is 284 g/mol. The first-order chi connectivity index (χ1) is 9.44. The molecule has 20 heavy (non-hydrogen) atoms. The maximum Gasteiger partial charge on any atom is 0.175 e. The second-order valence-corrected chi connectivity index (χ2v) is 5.66. The van der Waals surface area contributed by atoms with Gasteiger partial charge in [-0.15, -0.1) is 0 Å². The molecule has 0 atom stereocenters. The number of benzene rings is 2. The summed E-state index contributed by atoms with van der Waals surface area (Å²) in [5.74, 6) is 0. The Kier molecular flexibility index (Phi) is 4.40. The molecule has 2 aromatic carbocycles. The summed E-state index contributed by atoms with van der Waals surface area (Å²) in [6.07, 6.45) is 0. The van der Waals surface area contributed by atoms with Crippen LogP contribution in [-0.4, -0.2) is 5.11 Å². The van der Waals surface area contributed by atoms with E-state index in [4.69, 9.17) is 12.2 Å². The van der Waals surface area contributed by atoms with Crippen LogP contribution in [0, 0.1) is 27.7 Å². The van der Waals surface area contributed by atoms with Gasteiger partial charge in [-0.1, -0.05) is 12.1 Å². The van der Waals surface area contributed by atoms with E-state index in [1.165, 1.54) is 22.3 Å². The van der Waals surface area contributed by atoms with Crippen molar-refractivity contribution < 1.29 is 0 Å². The number of anilines is 2. The first-order valence-electron chi connectivity index (χ1n) is 6.67. The van der Waals surface area contributed by atoms with E-state index in [9.17, 15) is 0 Å². The number of rotatable bonds is 2. The zero-order chi connectivity index (χ0) is 14.7. The van der Waals surface area contributed by atoms with Crippen LogP contribution in [0.15, 0.2) is 36.4 Å². The first kappa shape index (κ1) is 14.5. The molecule has 0 aliphatic heterocycles. The van der Waals surface area contributed by atoms with Gasteiger partial charge in [0.1, 0.15) is 0 Å². The van der Waals surface area contributed by atoms with Crippen molar-refractivity contribution in [2.45, 2.75) is 27.7 Å². The topological polar surface area (TPSA) is 24.1 Å². The highest BCUT2D eigenvalue weighted by atomic mass is 32.1. The van der Waals surface area contributed by atoms with Crippen LogP contribution in [-0.2, 0) is 0 Å². The summed E-state index contributed by atoms with van der Waals surface area (Å²) in [4.78, 5) is 0. The molecular weight excluding hydrogens is 264 g/mol. The van der Waals surface area contributed by atoms with E-state index < -0.39 is 0 Å². The lowest BCUT2D eigenvalue weighted by Gasteiger charge is -2.13. The van der Waals surface area contributed by atoms with Gasteiger partial charge in [-0.05, 0) is 86.4 Å². The van der Waals surface area contributed by atoms with Crippen molar-refractivity contribution >= 4 is 28.7 Å². The molecule has 0 amide bonds. The quantitative estimate of drug-likeness (QED) is 0.780. The maximum absolute atomic E-state index is 5.36. The minimum atomic E-state index is 0.609. The molecule has 104 valence electrons. The van der Waals surface area contributed by atoms with Crippen LogP contribution in [0.1, 0.15) is 22.3 Å². The van der Waals surface area contributed by atoms with Crippen molar-refractivity contribution in [3.05, 3.63) is 58.7 Å². The first-order valence-corrected chi connectivity index (χ1v) is 7.08. The van der Waals surface area contributed by atoms with Crippen molar-refractivity contribution in [2.75, 3.05) is 10.6 Å². The summed E-state index contributed by atoms with van der Waals surface area (Å²) in [6, 6.07) is 12.5. The van der Waals surface area contributed by atoms with Crippen molar-refractivity contribution in [1.29, 1.82) is 0 Å². The number of nitrogens with one attached hydrogen (secondary N) is 2. The fourth-order valence-electron chi connectivity index (χ4n) is 2.16. The van der Waals surface area contributed by atoms with Gasteiger partial charge in [0.05, 0.1) is 0 Å². The van der Waals surface area contributed by atoms with Gasteiger partial charge in [-0.2, -0.15) is 0 Å². The Morgan fingerprint density at radius 1 is 0.750 bits per heavy atom. The molecule has 0 fully saturated rings. The second-order valence-electron chi connectivity index (χ2n) is 5.25. The molecule has 3 heteroatoms. The second kappa shape index (κ2) is 6.06. The molecule has 2 rings (SSSR count). The molecule has 0 aliphatic rings. The van der Waals surface area contributed by atoms with Crippen molar-refractivity contribution in [1.82, 2.24) is 0 Å². The zero-order valence-electron chi connectivity index (χ0n) is 12.4. The lowest BCUT2D eigenvalue weighted by molar-refractivity contribution is 1.34. The highest BCUT2D eigenvalue weighted by Crippen LogP contribution is 2.16. The lowest BCUT2D eigenvalue weighted by Crippen LogP contribution is -2.19. The SMILES string of the molecule is Cc1cc(C)cc(NC(=S)Nc2ccc(C)c(C)c2)c1. The Hall–Kier alpha value is -1.87. The van der Waals surface area contributed by atoms with E-state index in [2.05, 4.69) is 68.7 Å². The van der Waals surface area contributed by atoms with Gasteiger partial charge < -0.3 is 10.6 Å². The zero-order valence-corrected chi connectivity index (χ0v) is 13.2. The summed E-state index contributed by atoms with van der Waals surface area (Å²) in [5, 5.41) is 7.05. The van der Waals surface area contributed by atoms with Crippen LogP contribution in [0.25, 0.3) is 0 Å². The van der Waals surface area contributed by atoms with E-state index in [1.54, 1.807) is 0 Å². The van der Waals surface area contributed by atoms with Crippen LogP contribution in [0.4, 0.5) is 11.4 Å². The Balaban J connectivity index is 2.06. The van der Waals surface area contributed by atoms with Crippen molar-refractivity contribution in [3.8, 4) is 0 Å². The third-order valence-corrected chi connectivity index (χ3v) is 3.45. The maximum atomic E-state index is 5.36. The van der Waals surface area contributed by atoms with Crippen molar-refractivity contribution in [2.24, 2.45) is 0 Å². The molecule has 2 nitrogen and oxygen atoms in total. The highest BCUT2D eigenvalue weighted by Gasteiger charge is 2.01.